The van der Waals surface area contributed by atoms with Gasteiger partial charge in [-0.1, -0.05) is 36.1 Å². The first-order valence-electron chi connectivity index (χ1n) is 6.97. The Hall–Kier alpha value is -2.19. The van der Waals surface area contributed by atoms with Crippen molar-refractivity contribution < 1.29 is 19.5 Å². The van der Waals surface area contributed by atoms with E-state index in [1.54, 1.807) is 37.4 Å². The third-order valence-electron chi connectivity index (χ3n) is 3.39. The summed E-state index contributed by atoms with van der Waals surface area (Å²) in [5.74, 6) is -2.05. The summed E-state index contributed by atoms with van der Waals surface area (Å²) < 4.78 is 0.492. The van der Waals surface area contributed by atoms with Crippen molar-refractivity contribution in [2.24, 2.45) is 0 Å². The van der Waals surface area contributed by atoms with E-state index in [0.29, 0.717) is 14.8 Å². The number of benzene rings is 1. The molecule has 2 amide bonds. The Morgan fingerprint density at radius 2 is 1.88 bits per heavy atom. The van der Waals surface area contributed by atoms with Crippen molar-refractivity contribution in [3.05, 3.63) is 40.3 Å². The largest absolute Gasteiger partial charge is 0.548 e. The number of thioether (sulfide) groups is 1. The Morgan fingerprint density at radius 1 is 1.29 bits per heavy atom. The number of likely N-dealkylation sites (N-methyl/N-ethyl adjacent to an activating group) is 1. The highest BCUT2D eigenvalue weighted by Crippen LogP contribution is 2.31. The average Bonchev–Trinajstić information content (AvgIpc) is 2.74. The van der Waals surface area contributed by atoms with Crippen LogP contribution in [-0.2, 0) is 9.59 Å². The van der Waals surface area contributed by atoms with E-state index in [0.717, 1.165) is 5.56 Å². The molecule has 1 heterocycles. The summed E-state index contributed by atoms with van der Waals surface area (Å²) in [4.78, 5) is 36.8. The summed E-state index contributed by atoms with van der Waals surface area (Å²) in [5.41, 5.74) is -0.422. The van der Waals surface area contributed by atoms with Crippen molar-refractivity contribution in [1.82, 2.24) is 10.2 Å². The summed E-state index contributed by atoms with van der Waals surface area (Å²) in [6.45, 7) is 2.70. The summed E-state index contributed by atoms with van der Waals surface area (Å²) >= 11 is 6.28. The number of nitrogens with one attached hydrogen (secondary N) is 1. The minimum absolute atomic E-state index is 0.164. The van der Waals surface area contributed by atoms with Crippen LogP contribution in [0.5, 0.6) is 0 Å². The number of carboxylic acids is 1. The van der Waals surface area contributed by atoms with Crippen molar-refractivity contribution in [1.29, 1.82) is 0 Å². The summed E-state index contributed by atoms with van der Waals surface area (Å²) in [6.07, 6.45) is 1.69. The molecule has 1 fully saturated rings. The van der Waals surface area contributed by atoms with E-state index in [2.05, 4.69) is 5.32 Å². The molecule has 24 heavy (non-hydrogen) atoms. The standard InChI is InChI=1S/C16H16N2O4S2/c1-16(2,14(21)22)17-12(19)10-6-4-9(5-7-10)8-11-13(20)18(3)15(23)24-11/h4-8H,1-3H3,(H,17,19)(H,21,22)/p-1/b11-8+. The second-order valence-electron chi connectivity index (χ2n) is 5.73. The van der Waals surface area contributed by atoms with Crippen LogP contribution in [-0.4, -0.2) is 39.6 Å². The molecule has 0 spiro atoms. The van der Waals surface area contributed by atoms with Gasteiger partial charge in [0.1, 0.15) is 4.32 Å². The van der Waals surface area contributed by atoms with Crippen molar-refractivity contribution in [2.45, 2.75) is 19.4 Å². The highest BCUT2D eigenvalue weighted by molar-refractivity contribution is 8.26. The van der Waals surface area contributed by atoms with E-state index in [1.807, 2.05) is 0 Å². The van der Waals surface area contributed by atoms with Gasteiger partial charge in [-0.05, 0) is 37.6 Å². The maximum Gasteiger partial charge on any atom is 0.265 e. The van der Waals surface area contributed by atoms with Crippen molar-refractivity contribution in [3.8, 4) is 0 Å². The van der Waals surface area contributed by atoms with Gasteiger partial charge in [0.25, 0.3) is 11.8 Å². The molecule has 1 aliphatic rings. The summed E-state index contributed by atoms with van der Waals surface area (Å²) in [6, 6.07) is 6.45. The molecular formula is C16H15N2O4S2-. The topological polar surface area (TPSA) is 89.5 Å². The fourth-order valence-corrected chi connectivity index (χ4v) is 3.01. The number of carboxylic acid groups (broad SMARTS) is 1. The molecule has 0 saturated carbocycles. The summed E-state index contributed by atoms with van der Waals surface area (Å²) in [7, 11) is 1.62. The molecule has 0 aromatic heterocycles. The number of hydrogen-bond acceptors (Lipinski definition) is 6. The molecule has 1 aromatic carbocycles. The number of carbonyl (C=O) groups is 3. The lowest BCUT2D eigenvalue weighted by Crippen LogP contribution is -2.55. The van der Waals surface area contributed by atoms with Gasteiger partial charge in [0, 0.05) is 12.6 Å². The quantitative estimate of drug-likeness (QED) is 0.628. The van der Waals surface area contributed by atoms with Gasteiger partial charge in [0.2, 0.25) is 0 Å². The Labute approximate surface area is 148 Å². The van der Waals surface area contributed by atoms with Gasteiger partial charge in [0.05, 0.1) is 16.4 Å². The van der Waals surface area contributed by atoms with Crippen LogP contribution in [0.15, 0.2) is 29.2 Å². The number of thiocarbonyl (C=S) groups is 1. The van der Waals surface area contributed by atoms with Crippen LogP contribution in [0.2, 0.25) is 0 Å². The molecule has 6 nitrogen and oxygen atoms in total. The van der Waals surface area contributed by atoms with E-state index in [4.69, 9.17) is 12.2 Å². The third kappa shape index (κ3) is 3.82. The Balaban J connectivity index is 2.14. The van der Waals surface area contributed by atoms with Gasteiger partial charge < -0.3 is 15.2 Å². The summed E-state index contributed by atoms with van der Waals surface area (Å²) in [5, 5.41) is 13.3. The van der Waals surface area contributed by atoms with Gasteiger partial charge in [-0.2, -0.15) is 0 Å². The smallest absolute Gasteiger partial charge is 0.265 e. The monoisotopic (exact) mass is 363 g/mol. The molecule has 0 bridgehead atoms. The molecule has 1 aliphatic heterocycles. The zero-order valence-electron chi connectivity index (χ0n) is 13.3. The van der Waals surface area contributed by atoms with Crippen LogP contribution in [0.1, 0.15) is 29.8 Å². The zero-order valence-corrected chi connectivity index (χ0v) is 14.9. The predicted molar refractivity (Wildman–Crippen MR) is 93.9 cm³/mol. The van der Waals surface area contributed by atoms with Gasteiger partial charge >= 0.3 is 0 Å². The minimum atomic E-state index is -1.47. The van der Waals surface area contributed by atoms with E-state index in [-0.39, 0.29) is 5.91 Å². The number of aliphatic carboxylic acids is 1. The van der Waals surface area contributed by atoms with Crippen LogP contribution < -0.4 is 10.4 Å². The number of amides is 2. The number of carbonyl (C=O) groups excluding carboxylic acids is 3. The first-order chi connectivity index (χ1) is 11.1. The zero-order chi connectivity index (χ0) is 18.1. The molecule has 2 rings (SSSR count). The Kier molecular flexibility index (Phi) is 5.10. The fourth-order valence-electron chi connectivity index (χ4n) is 1.83. The lowest BCUT2D eigenvalue weighted by molar-refractivity contribution is -0.312. The van der Waals surface area contributed by atoms with Gasteiger partial charge in [-0.25, -0.2) is 0 Å². The van der Waals surface area contributed by atoms with Crippen LogP contribution in [0.4, 0.5) is 0 Å². The van der Waals surface area contributed by atoms with Gasteiger partial charge in [-0.15, -0.1) is 0 Å². The number of hydrogen-bond donors (Lipinski definition) is 1. The number of rotatable bonds is 4. The van der Waals surface area contributed by atoms with Gasteiger partial charge in [-0.3, -0.25) is 14.5 Å². The van der Waals surface area contributed by atoms with E-state index < -0.39 is 17.4 Å². The second-order valence-corrected chi connectivity index (χ2v) is 7.41. The third-order valence-corrected chi connectivity index (χ3v) is 4.88. The maximum absolute atomic E-state index is 12.1. The molecule has 1 aromatic rings. The van der Waals surface area contributed by atoms with E-state index >= 15 is 0 Å². The van der Waals surface area contributed by atoms with Crippen LogP contribution in [0.3, 0.4) is 0 Å². The molecule has 1 saturated heterocycles. The average molecular weight is 363 g/mol. The normalized spacial score (nSPS) is 16.6. The molecule has 0 radical (unpaired) electrons. The van der Waals surface area contributed by atoms with E-state index in [9.17, 15) is 19.5 Å². The molecule has 0 unspecified atom stereocenters. The Bertz CT molecular complexity index is 754. The van der Waals surface area contributed by atoms with Crippen molar-refractivity contribution in [3.63, 3.8) is 0 Å². The minimum Gasteiger partial charge on any atom is -0.548 e. The molecule has 0 aliphatic carbocycles. The van der Waals surface area contributed by atoms with Crippen LogP contribution in [0, 0.1) is 0 Å². The molecule has 126 valence electrons. The van der Waals surface area contributed by atoms with Gasteiger partial charge in [0.15, 0.2) is 0 Å². The first kappa shape index (κ1) is 18.2. The van der Waals surface area contributed by atoms with E-state index in [1.165, 1.54) is 30.5 Å². The highest BCUT2D eigenvalue weighted by Gasteiger charge is 2.28. The highest BCUT2D eigenvalue weighted by atomic mass is 32.2. The molecule has 0 atom stereocenters. The molecular weight excluding hydrogens is 348 g/mol. The lowest BCUT2D eigenvalue weighted by atomic mass is 10.0. The SMILES string of the molecule is CN1C(=O)/C(=C\c2ccc(C(=O)NC(C)(C)C(=O)[O-])cc2)SC1=S. The van der Waals surface area contributed by atoms with Crippen LogP contribution in [0.25, 0.3) is 6.08 Å². The maximum atomic E-state index is 12.1. The number of nitrogens with zero attached hydrogens (tertiary/aromatic N) is 1. The van der Waals surface area contributed by atoms with Crippen molar-refractivity contribution >= 4 is 52.2 Å². The first-order valence-corrected chi connectivity index (χ1v) is 8.20. The lowest BCUT2D eigenvalue weighted by Gasteiger charge is -2.27. The van der Waals surface area contributed by atoms with Crippen LogP contribution >= 0.6 is 24.0 Å². The molecule has 1 N–H and O–H groups in total. The fraction of sp³-hybridized carbons (Fsp3) is 0.250. The second kappa shape index (κ2) is 6.74. The van der Waals surface area contributed by atoms with Crippen molar-refractivity contribution in [2.75, 3.05) is 7.05 Å². The molecule has 8 heteroatoms. The Morgan fingerprint density at radius 3 is 2.33 bits per heavy atom. The predicted octanol–water partition coefficient (Wildman–Crippen LogP) is 0.776.